The molecule has 0 saturated carbocycles. The molecule has 5 nitrogen and oxygen atoms in total. The quantitative estimate of drug-likeness (QED) is 0.756. The lowest BCUT2D eigenvalue weighted by Gasteiger charge is -2.17. The standard InChI is InChI=1S/C17H16BrClN2O3/c1-23-16-11(17(22)24-2)8-13(19)15(21-16)20-14-7-6-9-10(14)4-3-5-12(9)18/h3-5,8,14H,6-7H2,1-2H3,(H,20,21). The Morgan fingerprint density at radius 2 is 2.21 bits per heavy atom. The number of hydrogen-bond acceptors (Lipinski definition) is 5. The number of carbonyl (C=O) groups is 1. The zero-order chi connectivity index (χ0) is 17.3. The van der Waals surface area contributed by atoms with E-state index < -0.39 is 5.97 Å². The first-order valence-corrected chi connectivity index (χ1v) is 8.59. The highest BCUT2D eigenvalue weighted by Gasteiger charge is 2.26. The fraction of sp³-hybridized carbons (Fsp3) is 0.294. The highest BCUT2D eigenvalue weighted by molar-refractivity contribution is 9.10. The molecule has 126 valence electrons. The van der Waals surface area contributed by atoms with Crippen LogP contribution in [0.4, 0.5) is 5.82 Å². The van der Waals surface area contributed by atoms with Crippen LogP contribution < -0.4 is 10.1 Å². The van der Waals surface area contributed by atoms with Gasteiger partial charge in [0, 0.05) is 4.47 Å². The van der Waals surface area contributed by atoms with Crippen LogP contribution >= 0.6 is 27.5 Å². The van der Waals surface area contributed by atoms with E-state index in [1.54, 1.807) is 0 Å². The molecule has 1 atom stereocenters. The van der Waals surface area contributed by atoms with Crippen molar-refractivity contribution in [1.82, 2.24) is 4.98 Å². The molecule has 1 aromatic heterocycles. The number of nitrogens with zero attached hydrogens (tertiary/aromatic N) is 1. The summed E-state index contributed by atoms with van der Waals surface area (Å²) in [6.45, 7) is 0. The second-order valence-electron chi connectivity index (χ2n) is 5.41. The highest BCUT2D eigenvalue weighted by atomic mass is 79.9. The van der Waals surface area contributed by atoms with Crippen LogP contribution in [0.2, 0.25) is 5.02 Å². The summed E-state index contributed by atoms with van der Waals surface area (Å²) in [7, 11) is 2.75. The Balaban J connectivity index is 1.92. The molecule has 0 spiro atoms. The third kappa shape index (κ3) is 3.08. The minimum absolute atomic E-state index is 0.108. The molecule has 0 amide bonds. The maximum Gasteiger partial charge on any atom is 0.343 e. The van der Waals surface area contributed by atoms with Gasteiger partial charge in [-0.3, -0.25) is 0 Å². The van der Waals surface area contributed by atoms with Crippen LogP contribution in [-0.2, 0) is 11.2 Å². The van der Waals surface area contributed by atoms with Gasteiger partial charge in [0.05, 0.1) is 25.3 Å². The topological polar surface area (TPSA) is 60.5 Å². The van der Waals surface area contributed by atoms with Crippen LogP contribution in [0.5, 0.6) is 5.88 Å². The van der Waals surface area contributed by atoms with Crippen molar-refractivity contribution in [1.29, 1.82) is 0 Å². The monoisotopic (exact) mass is 410 g/mol. The predicted octanol–water partition coefficient (Wildman–Crippen LogP) is 4.39. The van der Waals surface area contributed by atoms with Gasteiger partial charge in [-0.15, -0.1) is 0 Å². The van der Waals surface area contributed by atoms with Crippen molar-refractivity contribution in [2.75, 3.05) is 19.5 Å². The Hall–Kier alpha value is -1.79. The molecule has 0 fully saturated rings. The number of aromatic nitrogens is 1. The predicted molar refractivity (Wildman–Crippen MR) is 96.0 cm³/mol. The maximum atomic E-state index is 11.8. The van der Waals surface area contributed by atoms with Crippen molar-refractivity contribution < 1.29 is 14.3 Å². The summed E-state index contributed by atoms with van der Waals surface area (Å²) in [5.41, 5.74) is 2.72. The lowest BCUT2D eigenvalue weighted by Crippen LogP contribution is -2.12. The lowest BCUT2D eigenvalue weighted by molar-refractivity contribution is 0.0596. The third-order valence-electron chi connectivity index (χ3n) is 4.06. The lowest BCUT2D eigenvalue weighted by atomic mass is 10.1. The molecular formula is C17H16BrClN2O3. The fourth-order valence-electron chi connectivity index (χ4n) is 2.91. The molecule has 1 aromatic carbocycles. The maximum absolute atomic E-state index is 11.8. The van der Waals surface area contributed by atoms with Gasteiger partial charge in [0.15, 0.2) is 0 Å². The van der Waals surface area contributed by atoms with Crippen molar-refractivity contribution in [2.24, 2.45) is 0 Å². The second-order valence-corrected chi connectivity index (χ2v) is 6.67. The van der Waals surface area contributed by atoms with Crippen LogP contribution in [0.15, 0.2) is 28.7 Å². The van der Waals surface area contributed by atoms with Gasteiger partial charge in [0.25, 0.3) is 0 Å². The molecule has 7 heteroatoms. The number of nitrogens with one attached hydrogen (secondary N) is 1. The molecule has 1 aliphatic rings. The number of carbonyl (C=O) groups excluding carboxylic acids is 1. The molecule has 1 N–H and O–H groups in total. The number of fused-ring (bicyclic) bond motifs is 1. The first-order chi connectivity index (χ1) is 11.5. The van der Waals surface area contributed by atoms with E-state index in [1.165, 1.54) is 31.4 Å². The van der Waals surface area contributed by atoms with Crippen molar-refractivity contribution in [2.45, 2.75) is 18.9 Å². The van der Waals surface area contributed by atoms with E-state index in [9.17, 15) is 4.79 Å². The van der Waals surface area contributed by atoms with Crippen molar-refractivity contribution >= 4 is 39.3 Å². The van der Waals surface area contributed by atoms with E-state index >= 15 is 0 Å². The fourth-order valence-corrected chi connectivity index (χ4v) is 3.70. The SMILES string of the molecule is COC(=O)c1cc(Cl)c(NC2CCc3c(Br)cccc32)nc1OC. The molecule has 3 rings (SSSR count). The Morgan fingerprint density at radius 3 is 2.92 bits per heavy atom. The minimum atomic E-state index is -0.539. The van der Waals surface area contributed by atoms with E-state index in [4.69, 9.17) is 21.1 Å². The van der Waals surface area contributed by atoms with Gasteiger partial charge in [0.2, 0.25) is 5.88 Å². The van der Waals surface area contributed by atoms with E-state index in [1.807, 2.05) is 12.1 Å². The van der Waals surface area contributed by atoms with Gasteiger partial charge < -0.3 is 14.8 Å². The summed E-state index contributed by atoms with van der Waals surface area (Å²) in [5.74, 6) is 0.128. The Kier molecular flexibility index (Phi) is 4.96. The number of pyridine rings is 1. The van der Waals surface area contributed by atoms with Gasteiger partial charge in [-0.05, 0) is 36.1 Å². The van der Waals surface area contributed by atoms with Crippen LogP contribution in [-0.4, -0.2) is 25.2 Å². The van der Waals surface area contributed by atoms with Crippen molar-refractivity contribution in [3.8, 4) is 5.88 Å². The summed E-state index contributed by atoms with van der Waals surface area (Å²) in [4.78, 5) is 16.1. The number of hydrogen-bond donors (Lipinski definition) is 1. The van der Waals surface area contributed by atoms with Gasteiger partial charge >= 0.3 is 5.97 Å². The molecule has 24 heavy (non-hydrogen) atoms. The summed E-state index contributed by atoms with van der Waals surface area (Å²) >= 11 is 9.89. The van der Waals surface area contributed by atoms with E-state index in [0.29, 0.717) is 10.8 Å². The summed E-state index contributed by atoms with van der Waals surface area (Å²) in [6.07, 6.45) is 1.92. The number of rotatable bonds is 4. The third-order valence-corrected chi connectivity index (χ3v) is 5.10. The van der Waals surface area contributed by atoms with Gasteiger partial charge in [-0.1, -0.05) is 39.7 Å². The van der Waals surface area contributed by atoms with Gasteiger partial charge in [-0.25, -0.2) is 4.79 Å². The second kappa shape index (κ2) is 6.99. The molecule has 2 aromatic rings. The number of halogens is 2. The van der Waals surface area contributed by atoms with E-state index in [0.717, 1.165) is 17.3 Å². The normalized spacial score (nSPS) is 15.8. The van der Waals surface area contributed by atoms with E-state index in [-0.39, 0.29) is 17.5 Å². The van der Waals surface area contributed by atoms with Crippen LogP contribution in [0.1, 0.15) is 33.9 Å². The average molecular weight is 412 g/mol. The first-order valence-electron chi connectivity index (χ1n) is 7.41. The van der Waals surface area contributed by atoms with Crippen molar-refractivity contribution in [3.05, 3.63) is 50.5 Å². The molecule has 0 aliphatic heterocycles. The largest absolute Gasteiger partial charge is 0.480 e. The smallest absolute Gasteiger partial charge is 0.343 e. The van der Waals surface area contributed by atoms with Gasteiger partial charge in [0.1, 0.15) is 11.4 Å². The Labute approximate surface area is 153 Å². The van der Waals surface area contributed by atoms with Crippen LogP contribution in [0.3, 0.4) is 0 Å². The van der Waals surface area contributed by atoms with E-state index in [2.05, 4.69) is 32.3 Å². The number of benzene rings is 1. The molecule has 0 radical (unpaired) electrons. The van der Waals surface area contributed by atoms with Crippen molar-refractivity contribution in [3.63, 3.8) is 0 Å². The number of esters is 1. The Morgan fingerprint density at radius 1 is 1.42 bits per heavy atom. The zero-order valence-electron chi connectivity index (χ0n) is 13.2. The number of anilines is 1. The van der Waals surface area contributed by atoms with Crippen LogP contribution in [0, 0.1) is 0 Å². The molecular weight excluding hydrogens is 396 g/mol. The van der Waals surface area contributed by atoms with Gasteiger partial charge in [-0.2, -0.15) is 4.98 Å². The molecule has 1 unspecified atom stereocenters. The average Bonchev–Trinajstić information content (AvgIpc) is 3.00. The Bertz CT molecular complexity index is 798. The number of methoxy groups -OCH3 is 2. The summed E-state index contributed by atoms with van der Waals surface area (Å²) in [5, 5.41) is 3.70. The summed E-state index contributed by atoms with van der Waals surface area (Å²) < 4.78 is 11.0. The zero-order valence-corrected chi connectivity index (χ0v) is 15.6. The van der Waals surface area contributed by atoms with Crippen LogP contribution in [0.25, 0.3) is 0 Å². The molecule has 1 aliphatic carbocycles. The molecule has 0 bridgehead atoms. The molecule has 1 heterocycles. The highest BCUT2D eigenvalue weighted by Crippen LogP contribution is 2.39. The molecule has 0 saturated heterocycles. The first kappa shape index (κ1) is 17.0. The number of ether oxygens (including phenoxy) is 2. The summed E-state index contributed by atoms with van der Waals surface area (Å²) in [6, 6.07) is 7.77. The minimum Gasteiger partial charge on any atom is -0.480 e.